The third-order valence-corrected chi connectivity index (χ3v) is 13.0. The molecule has 0 amide bonds. The SMILES string of the molecule is CC1(C)C(C23OCC(C)(C)C2(C(C)(C)C)OO3)=Cc2cc(O[Si](C)(C)C(C)(C)C)ccc21. The minimum absolute atomic E-state index is 0.151. The smallest absolute Gasteiger partial charge is 0.258 e. The molecular formula is C27H42O4Si. The van der Waals surface area contributed by atoms with Crippen LogP contribution in [0.5, 0.6) is 5.75 Å². The summed E-state index contributed by atoms with van der Waals surface area (Å²) in [5.41, 5.74) is 2.42. The largest absolute Gasteiger partial charge is 0.543 e. The number of fused-ring (bicyclic) bond motifs is 2. The van der Waals surface area contributed by atoms with Crippen molar-refractivity contribution in [2.45, 2.75) is 104 Å². The lowest BCUT2D eigenvalue weighted by molar-refractivity contribution is -0.605. The maximum absolute atomic E-state index is 6.61. The highest BCUT2D eigenvalue weighted by Gasteiger charge is 2.82. The molecule has 5 heteroatoms. The van der Waals surface area contributed by atoms with E-state index < -0.39 is 19.7 Å². The molecule has 0 bridgehead atoms. The van der Waals surface area contributed by atoms with Gasteiger partial charge in [0.15, 0.2) is 5.60 Å². The van der Waals surface area contributed by atoms with Crippen LogP contribution in [0, 0.1) is 10.8 Å². The highest BCUT2D eigenvalue weighted by Crippen LogP contribution is 2.70. The van der Waals surface area contributed by atoms with Gasteiger partial charge in [-0.05, 0) is 47.5 Å². The average molecular weight is 459 g/mol. The first-order valence-electron chi connectivity index (χ1n) is 11.9. The Morgan fingerprint density at radius 3 is 2.06 bits per heavy atom. The molecule has 0 N–H and O–H groups in total. The van der Waals surface area contributed by atoms with Crippen LogP contribution in [0.2, 0.25) is 18.1 Å². The molecule has 1 aliphatic carbocycles. The molecule has 178 valence electrons. The van der Waals surface area contributed by atoms with Gasteiger partial charge in [0.05, 0.1) is 6.61 Å². The van der Waals surface area contributed by atoms with Crippen LogP contribution in [-0.4, -0.2) is 26.3 Å². The van der Waals surface area contributed by atoms with Crippen LogP contribution in [0.1, 0.15) is 80.4 Å². The predicted octanol–water partition coefficient (Wildman–Crippen LogP) is 7.24. The zero-order chi connectivity index (χ0) is 24.2. The molecule has 32 heavy (non-hydrogen) atoms. The van der Waals surface area contributed by atoms with Crippen molar-refractivity contribution in [2.75, 3.05) is 6.61 Å². The topological polar surface area (TPSA) is 36.9 Å². The first-order chi connectivity index (χ1) is 14.3. The normalized spacial score (nSPS) is 30.9. The van der Waals surface area contributed by atoms with Gasteiger partial charge in [-0.2, -0.15) is 4.89 Å². The molecule has 2 atom stereocenters. The Morgan fingerprint density at radius 1 is 0.938 bits per heavy atom. The molecule has 4 nitrogen and oxygen atoms in total. The fourth-order valence-electron chi connectivity index (χ4n) is 5.94. The van der Waals surface area contributed by atoms with Crippen LogP contribution in [0.3, 0.4) is 0 Å². The van der Waals surface area contributed by atoms with Gasteiger partial charge in [0.2, 0.25) is 8.32 Å². The van der Waals surface area contributed by atoms with Gasteiger partial charge in [-0.3, -0.25) is 0 Å². The molecule has 2 saturated heterocycles. The summed E-state index contributed by atoms with van der Waals surface area (Å²) in [7, 11) is -1.92. The lowest BCUT2D eigenvalue weighted by Gasteiger charge is -2.62. The summed E-state index contributed by atoms with van der Waals surface area (Å²) in [5, 5.41) is 0.151. The van der Waals surface area contributed by atoms with E-state index in [0.29, 0.717) is 6.61 Å². The first kappa shape index (κ1) is 24.0. The van der Waals surface area contributed by atoms with E-state index in [1.54, 1.807) is 0 Å². The van der Waals surface area contributed by atoms with Crippen molar-refractivity contribution in [3.05, 3.63) is 34.9 Å². The van der Waals surface area contributed by atoms with Gasteiger partial charge in [-0.15, -0.1) is 0 Å². The summed E-state index contributed by atoms with van der Waals surface area (Å²) in [6.45, 7) is 27.6. The highest BCUT2D eigenvalue weighted by atomic mass is 28.4. The summed E-state index contributed by atoms with van der Waals surface area (Å²) in [4.78, 5) is 12.1. The predicted molar refractivity (Wildman–Crippen MR) is 132 cm³/mol. The summed E-state index contributed by atoms with van der Waals surface area (Å²) in [6, 6.07) is 6.54. The first-order valence-corrected chi connectivity index (χ1v) is 14.8. The standard InChI is InChI=1S/C27H42O4Si/c1-22(2,3)27-24(7,8)17-28-26(27,30-31-27)21-16-18-15-19(13-14-20(18)25(21,9)10)29-32(11,12)23(4,5)6/h13-16H,17H2,1-12H3. The number of benzene rings is 1. The quantitative estimate of drug-likeness (QED) is 0.353. The van der Waals surface area contributed by atoms with Crippen molar-refractivity contribution in [1.29, 1.82) is 0 Å². The number of rotatable bonds is 3. The van der Waals surface area contributed by atoms with E-state index in [-0.39, 0.29) is 21.3 Å². The molecule has 0 saturated carbocycles. The Bertz CT molecular complexity index is 976. The van der Waals surface area contributed by atoms with Gasteiger partial charge in [0.1, 0.15) is 5.75 Å². The third kappa shape index (κ3) is 2.84. The molecule has 0 radical (unpaired) electrons. The lowest BCUT2D eigenvalue weighted by Crippen LogP contribution is -2.76. The molecule has 3 aliphatic rings. The van der Waals surface area contributed by atoms with Gasteiger partial charge in [-0.25, -0.2) is 4.89 Å². The monoisotopic (exact) mass is 458 g/mol. The Morgan fingerprint density at radius 2 is 1.56 bits per heavy atom. The second-order valence-corrected chi connectivity index (χ2v) is 18.4. The van der Waals surface area contributed by atoms with Crippen LogP contribution in [0.4, 0.5) is 0 Å². The third-order valence-electron chi connectivity index (χ3n) is 8.60. The van der Waals surface area contributed by atoms with E-state index >= 15 is 0 Å². The molecule has 2 unspecified atom stereocenters. The highest BCUT2D eigenvalue weighted by molar-refractivity contribution is 6.74. The van der Waals surface area contributed by atoms with E-state index in [4.69, 9.17) is 18.9 Å². The second kappa shape index (κ2) is 6.50. The summed E-state index contributed by atoms with van der Waals surface area (Å²) in [5.74, 6) is 0.0548. The van der Waals surface area contributed by atoms with Gasteiger partial charge in [0, 0.05) is 21.8 Å². The molecule has 0 spiro atoms. The molecule has 2 heterocycles. The van der Waals surface area contributed by atoms with Crippen LogP contribution in [0.15, 0.2) is 23.8 Å². The maximum Gasteiger partial charge on any atom is 0.258 e. The van der Waals surface area contributed by atoms with E-state index in [0.717, 1.165) is 11.3 Å². The maximum atomic E-state index is 6.61. The number of hydrogen-bond donors (Lipinski definition) is 0. The Labute approximate surface area is 195 Å². The minimum Gasteiger partial charge on any atom is -0.543 e. The molecule has 2 aliphatic heterocycles. The van der Waals surface area contributed by atoms with Crippen molar-refractivity contribution >= 4 is 14.4 Å². The van der Waals surface area contributed by atoms with Crippen molar-refractivity contribution in [1.82, 2.24) is 0 Å². The lowest BCUT2D eigenvalue weighted by atomic mass is 9.56. The Hall–Kier alpha value is -1.14. The van der Waals surface area contributed by atoms with Gasteiger partial charge < -0.3 is 9.16 Å². The van der Waals surface area contributed by atoms with Gasteiger partial charge in [-0.1, -0.05) is 75.3 Å². The second-order valence-electron chi connectivity index (χ2n) is 13.7. The Kier molecular flexibility index (Phi) is 4.87. The van der Waals surface area contributed by atoms with E-state index in [1.165, 1.54) is 11.1 Å². The molecular weight excluding hydrogens is 416 g/mol. The van der Waals surface area contributed by atoms with E-state index in [9.17, 15) is 0 Å². The Balaban J connectivity index is 1.79. The number of hydrogen-bond acceptors (Lipinski definition) is 4. The molecule has 2 fully saturated rings. The van der Waals surface area contributed by atoms with Gasteiger partial charge >= 0.3 is 0 Å². The zero-order valence-electron chi connectivity index (χ0n) is 22.1. The fraction of sp³-hybridized carbons (Fsp3) is 0.704. The van der Waals surface area contributed by atoms with Gasteiger partial charge in [0.25, 0.3) is 5.79 Å². The van der Waals surface area contributed by atoms with E-state index in [1.807, 2.05) is 0 Å². The minimum atomic E-state index is -1.92. The fourth-order valence-corrected chi connectivity index (χ4v) is 6.96. The van der Waals surface area contributed by atoms with Crippen molar-refractivity contribution in [3.8, 4) is 5.75 Å². The van der Waals surface area contributed by atoms with Crippen LogP contribution in [-0.2, 0) is 19.9 Å². The zero-order valence-corrected chi connectivity index (χ0v) is 23.1. The van der Waals surface area contributed by atoms with Crippen molar-refractivity contribution in [3.63, 3.8) is 0 Å². The molecule has 0 aromatic heterocycles. The van der Waals surface area contributed by atoms with Crippen LogP contribution in [0.25, 0.3) is 6.08 Å². The van der Waals surface area contributed by atoms with Crippen molar-refractivity contribution in [2.24, 2.45) is 10.8 Å². The summed E-state index contributed by atoms with van der Waals surface area (Å²) < 4.78 is 13.2. The van der Waals surface area contributed by atoms with Crippen LogP contribution >= 0.6 is 0 Å². The van der Waals surface area contributed by atoms with Crippen LogP contribution < -0.4 is 4.43 Å². The average Bonchev–Trinajstić information content (AvgIpc) is 2.90. The molecule has 1 aromatic rings. The summed E-state index contributed by atoms with van der Waals surface area (Å²) in [6.07, 6.45) is 2.26. The van der Waals surface area contributed by atoms with Crippen molar-refractivity contribution < 1.29 is 18.9 Å². The molecule has 4 rings (SSSR count). The molecule has 1 aromatic carbocycles. The number of ether oxygens (including phenoxy) is 1. The van der Waals surface area contributed by atoms with E-state index in [2.05, 4.69) is 107 Å². The summed E-state index contributed by atoms with van der Waals surface area (Å²) >= 11 is 0.